The molecule has 2 N–H and O–H groups in total. The molecule has 0 aliphatic carbocycles. The first-order valence-corrected chi connectivity index (χ1v) is 9.00. The van der Waals surface area contributed by atoms with E-state index in [4.69, 9.17) is 0 Å². The highest BCUT2D eigenvalue weighted by molar-refractivity contribution is 5.85. The Morgan fingerprint density at radius 1 is 1.32 bits per heavy atom. The van der Waals surface area contributed by atoms with Gasteiger partial charge in [0.25, 0.3) is 0 Å². The molecule has 4 nitrogen and oxygen atoms in total. The molecule has 1 saturated heterocycles. The van der Waals surface area contributed by atoms with Crippen LogP contribution < -0.4 is 10.6 Å². The molecule has 2 unspecified atom stereocenters. The molecule has 142 valence electrons. The number of fused-ring (bicyclic) bond motifs is 1. The molecule has 0 spiro atoms. The Morgan fingerprint density at radius 3 is 2.80 bits per heavy atom. The maximum Gasteiger partial charge on any atom is 0.220 e. The van der Waals surface area contributed by atoms with E-state index in [0.717, 1.165) is 45.6 Å². The fourth-order valence-electron chi connectivity index (χ4n) is 3.67. The summed E-state index contributed by atoms with van der Waals surface area (Å²) in [5.41, 5.74) is 2.91. The number of nitrogens with zero attached hydrogens (tertiary/aromatic N) is 1. The van der Waals surface area contributed by atoms with Crippen molar-refractivity contribution in [2.75, 3.05) is 26.2 Å². The third-order valence-corrected chi connectivity index (χ3v) is 5.32. The van der Waals surface area contributed by atoms with Gasteiger partial charge in [-0.15, -0.1) is 24.8 Å². The summed E-state index contributed by atoms with van der Waals surface area (Å²) < 4.78 is 0. The topological polar surface area (TPSA) is 44.4 Å². The Balaban J connectivity index is 0.00000156. The van der Waals surface area contributed by atoms with E-state index in [1.807, 2.05) is 0 Å². The number of nitrogens with one attached hydrogen (secondary N) is 2. The molecule has 1 aromatic rings. The summed E-state index contributed by atoms with van der Waals surface area (Å²) >= 11 is 0. The molecule has 2 heterocycles. The molecule has 2 aliphatic rings. The van der Waals surface area contributed by atoms with Crippen LogP contribution in [0.15, 0.2) is 24.3 Å². The van der Waals surface area contributed by atoms with Gasteiger partial charge in [-0.25, -0.2) is 0 Å². The number of hydrogen-bond acceptors (Lipinski definition) is 3. The molecule has 0 aromatic heterocycles. The van der Waals surface area contributed by atoms with Gasteiger partial charge in [-0.3, -0.25) is 9.69 Å². The monoisotopic (exact) mass is 387 g/mol. The smallest absolute Gasteiger partial charge is 0.220 e. The maximum absolute atomic E-state index is 12.0. The first-order valence-electron chi connectivity index (χ1n) is 9.00. The van der Waals surface area contributed by atoms with E-state index >= 15 is 0 Å². The lowest BCUT2D eigenvalue weighted by Crippen LogP contribution is -2.44. The predicted octanol–water partition coefficient (Wildman–Crippen LogP) is 2.78. The molecule has 1 fully saturated rings. The van der Waals surface area contributed by atoms with E-state index in [-0.39, 0.29) is 30.7 Å². The fourth-order valence-corrected chi connectivity index (χ4v) is 3.67. The van der Waals surface area contributed by atoms with Crippen molar-refractivity contribution in [2.45, 2.75) is 45.2 Å². The zero-order valence-electron chi connectivity index (χ0n) is 15.0. The molecule has 2 atom stereocenters. The molecule has 0 radical (unpaired) electrons. The van der Waals surface area contributed by atoms with Crippen molar-refractivity contribution in [1.82, 2.24) is 15.5 Å². The highest BCUT2D eigenvalue weighted by Gasteiger charge is 2.21. The van der Waals surface area contributed by atoms with Crippen LogP contribution in [0.2, 0.25) is 0 Å². The summed E-state index contributed by atoms with van der Waals surface area (Å²) in [7, 11) is 0. The van der Waals surface area contributed by atoms with Crippen LogP contribution in [0.1, 0.15) is 37.3 Å². The van der Waals surface area contributed by atoms with Crippen LogP contribution in [0.25, 0.3) is 0 Å². The largest absolute Gasteiger partial charge is 0.355 e. The van der Waals surface area contributed by atoms with Crippen molar-refractivity contribution < 1.29 is 4.79 Å². The van der Waals surface area contributed by atoms with E-state index in [2.05, 4.69) is 46.7 Å². The van der Waals surface area contributed by atoms with Gasteiger partial charge in [-0.05, 0) is 56.3 Å². The van der Waals surface area contributed by atoms with Gasteiger partial charge in [0, 0.05) is 32.1 Å². The van der Waals surface area contributed by atoms with Crippen LogP contribution in [0, 0.1) is 5.92 Å². The highest BCUT2D eigenvalue weighted by Crippen LogP contribution is 2.20. The predicted molar refractivity (Wildman–Crippen MR) is 108 cm³/mol. The SMILES string of the molecule is CC(CNC(=O)CCC1CCNC1)N1CCc2ccccc2C1.Cl.Cl. The standard InChI is InChI=1S/C19H29N3O.2ClH/c1-15(12-21-19(23)7-6-16-8-10-20-13-16)22-11-9-17-4-2-3-5-18(17)14-22;;/h2-5,15-16,20H,6-14H2,1H3,(H,21,23);2*1H. The Kier molecular flexibility index (Phi) is 9.80. The quantitative estimate of drug-likeness (QED) is 0.788. The first-order chi connectivity index (χ1) is 11.2. The van der Waals surface area contributed by atoms with Crippen molar-refractivity contribution in [3.63, 3.8) is 0 Å². The Morgan fingerprint density at radius 2 is 2.08 bits per heavy atom. The minimum absolute atomic E-state index is 0. The second kappa shape index (κ2) is 11.0. The average molecular weight is 388 g/mol. The zero-order chi connectivity index (χ0) is 16.1. The van der Waals surface area contributed by atoms with Crippen LogP contribution >= 0.6 is 24.8 Å². The summed E-state index contributed by atoms with van der Waals surface area (Å²) in [6.45, 7) is 7.25. The molecule has 3 rings (SSSR count). The molecular formula is C19H31Cl2N3O. The molecule has 1 amide bonds. The number of halogens is 2. The fraction of sp³-hybridized carbons (Fsp3) is 0.632. The second-order valence-electron chi connectivity index (χ2n) is 7.04. The molecule has 0 bridgehead atoms. The van der Waals surface area contributed by atoms with E-state index in [1.165, 1.54) is 17.5 Å². The van der Waals surface area contributed by atoms with Crippen LogP contribution in [0.3, 0.4) is 0 Å². The van der Waals surface area contributed by atoms with Gasteiger partial charge in [-0.1, -0.05) is 24.3 Å². The van der Waals surface area contributed by atoms with Crippen molar-refractivity contribution in [3.8, 4) is 0 Å². The first kappa shape index (κ1) is 22.2. The number of carbonyl (C=O) groups is 1. The van der Waals surface area contributed by atoms with Crippen LogP contribution in [-0.4, -0.2) is 43.0 Å². The summed E-state index contributed by atoms with van der Waals surface area (Å²) in [4.78, 5) is 14.5. The molecule has 6 heteroatoms. The number of carbonyl (C=O) groups excluding carboxylic acids is 1. The summed E-state index contributed by atoms with van der Waals surface area (Å²) in [5.74, 6) is 0.901. The van der Waals surface area contributed by atoms with Gasteiger partial charge in [0.2, 0.25) is 5.91 Å². The molecular weight excluding hydrogens is 357 g/mol. The normalized spacial score (nSPS) is 20.8. The third-order valence-electron chi connectivity index (χ3n) is 5.32. The number of amides is 1. The Labute approximate surface area is 163 Å². The zero-order valence-corrected chi connectivity index (χ0v) is 16.6. The highest BCUT2D eigenvalue weighted by atomic mass is 35.5. The van der Waals surface area contributed by atoms with Gasteiger partial charge in [0.15, 0.2) is 0 Å². The van der Waals surface area contributed by atoms with Crippen molar-refractivity contribution >= 4 is 30.7 Å². The molecule has 25 heavy (non-hydrogen) atoms. The lowest BCUT2D eigenvalue weighted by molar-refractivity contribution is -0.121. The summed E-state index contributed by atoms with van der Waals surface area (Å²) in [6.07, 6.45) is 4.02. The molecule has 2 aliphatic heterocycles. The van der Waals surface area contributed by atoms with E-state index in [9.17, 15) is 4.79 Å². The summed E-state index contributed by atoms with van der Waals surface area (Å²) in [6, 6.07) is 9.09. The van der Waals surface area contributed by atoms with Crippen molar-refractivity contribution in [1.29, 1.82) is 0 Å². The van der Waals surface area contributed by atoms with Gasteiger partial charge in [0.05, 0.1) is 0 Å². The Hall–Kier alpha value is -0.810. The van der Waals surface area contributed by atoms with Gasteiger partial charge in [0.1, 0.15) is 0 Å². The van der Waals surface area contributed by atoms with E-state index in [1.54, 1.807) is 0 Å². The van der Waals surface area contributed by atoms with Crippen LogP contribution in [-0.2, 0) is 17.8 Å². The van der Waals surface area contributed by atoms with Gasteiger partial charge >= 0.3 is 0 Å². The van der Waals surface area contributed by atoms with Crippen LogP contribution in [0.4, 0.5) is 0 Å². The molecule has 1 aromatic carbocycles. The lowest BCUT2D eigenvalue weighted by Gasteiger charge is -2.33. The third kappa shape index (κ3) is 6.45. The number of rotatable bonds is 6. The second-order valence-corrected chi connectivity index (χ2v) is 7.04. The minimum atomic E-state index is 0. The lowest BCUT2D eigenvalue weighted by atomic mass is 9.99. The van der Waals surface area contributed by atoms with Crippen molar-refractivity contribution in [3.05, 3.63) is 35.4 Å². The van der Waals surface area contributed by atoms with E-state index in [0.29, 0.717) is 18.4 Å². The average Bonchev–Trinajstić information content (AvgIpc) is 3.11. The number of benzene rings is 1. The maximum atomic E-state index is 12.0. The van der Waals surface area contributed by atoms with Gasteiger partial charge < -0.3 is 10.6 Å². The Bertz CT molecular complexity index is 535. The summed E-state index contributed by atoms with van der Waals surface area (Å²) in [5, 5.41) is 6.49. The van der Waals surface area contributed by atoms with E-state index < -0.39 is 0 Å². The molecule has 0 saturated carbocycles. The van der Waals surface area contributed by atoms with Crippen molar-refractivity contribution in [2.24, 2.45) is 5.92 Å². The van der Waals surface area contributed by atoms with Gasteiger partial charge in [-0.2, -0.15) is 0 Å². The number of hydrogen-bond donors (Lipinski definition) is 2. The minimum Gasteiger partial charge on any atom is -0.355 e. The van der Waals surface area contributed by atoms with Crippen LogP contribution in [0.5, 0.6) is 0 Å².